The SMILES string of the molecule is CC(C)N(C(C)C)C(O)OCCC#N. The van der Waals surface area contributed by atoms with Crippen molar-refractivity contribution < 1.29 is 9.84 Å². The Morgan fingerprint density at radius 2 is 1.79 bits per heavy atom. The molecule has 82 valence electrons. The molecule has 0 aliphatic carbocycles. The highest BCUT2D eigenvalue weighted by Crippen LogP contribution is 2.09. The zero-order valence-corrected chi connectivity index (χ0v) is 9.40. The maximum absolute atomic E-state index is 9.67. The first kappa shape index (κ1) is 13.4. The van der Waals surface area contributed by atoms with Crippen molar-refractivity contribution in [3.05, 3.63) is 0 Å². The molecule has 0 saturated heterocycles. The van der Waals surface area contributed by atoms with Crippen LogP contribution < -0.4 is 0 Å². The Labute approximate surface area is 86.1 Å². The number of ether oxygens (including phenoxy) is 1. The summed E-state index contributed by atoms with van der Waals surface area (Å²) in [6, 6.07) is 2.40. The van der Waals surface area contributed by atoms with Crippen LogP contribution in [-0.2, 0) is 4.74 Å². The molecule has 4 heteroatoms. The average molecular weight is 200 g/mol. The predicted molar refractivity (Wildman–Crippen MR) is 54.3 cm³/mol. The monoisotopic (exact) mass is 200 g/mol. The normalized spacial score (nSPS) is 13.6. The van der Waals surface area contributed by atoms with Gasteiger partial charge in [-0.15, -0.1) is 0 Å². The van der Waals surface area contributed by atoms with E-state index in [0.29, 0.717) is 6.42 Å². The molecule has 1 N–H and O–H groups in total. The minimum atomic E-state index is -0.914. The van der Waals surface area contributed by atoms with Crippen molar-refractivity contribution in [1.29, 1.82) is 5.26 Å². The van der Waals surface area contributed by atoms with Crippen LogP contribution in [0.4, 0.5) is 0 Å². The van der Waals surface area contributed by atoms with Gasteiger partial charge in [0.15, 0.2) is 0 Å². The van der Waals surface area contributed by atoms with E-state index in [0.717, 1.165) is 0 Å². The van der Waals surface area contributed by atoms with Crippen molar-refractivity contribution in [3.63, 3.8) is 0 Å². The number of rotatable bonds is 6. The topological polar surface area (TPSA) is 56.5 Å². The number of nitriles is 1. The fraction of sp³-hybridized carbons (Fsp3) is 0.900. The lowest BCUT2D eigenvalue weighted by atomic mass is 10.2. The quantitative estimate of drug-likeness (QED) is 0.519. The lowest BCUT2D eigenvalue weighted by molar-refractivity contribution is -0.211. The van der Waals surface area contributed by atoms with E-state index < -0.39 is 6.41 Å². The van der Waals surface area contributed by atoms with Gasteiger partial charge in [-0.25, -0.2) is 0 Å². The number of nitrogens with zero attached hydrogens (tertiary/aromatic N) is 2. The molecule has 0 fully saturated rings. The second-order valence-corrected chi connectivity index (χ2v) is 3.74. The number of hydrogen-bond donors (Lipinski definition) is 1. The van der Waals surface area contributed by atoms with Gasteiger partial charge in [0.05, 0.1) is 19.1 Å². The second kappa shape index (κ2) is 6.77. The van der Waals surface area contributed by atoms with E-state index >= 15 is 0 Å². The Morgan fingerprint density at radius 1 is 1.29 bits per heavy atom. The molecule has 1 unspecified atom stereocenters. The fourth-order valence-electron chi connectivity index (χ4n) is 1.40. The number of aliphatic hydroxyl groups is 1. The highest BCUT2D eigenvalue weighted by molar-refractivity contribution is 4.69. The van der Waals surface area contributed by atoms with Crippen LogP contribution in [0, 0.1) is 11.3 Å². The Hall–Kier alpha value is -0.630. The van der Waals surface area contributed by atoms with Crippen molar-refractivity contribution in [3.8, 4) is 6.07 Å². The first-order valence-electron chi connectivity index (χ1n) is 4.94. The molecule has 1 atom stereocenters. The van der Waals surface area contributed by atoms with E-state index in [2.05, 4.69) is 0 Å². The van der Waals surface area contributed by atoms with Crippen molar-refractivity contribution >= 4 is 0 Å². The third kappa shape index (κ3) is 4.56. The van der Waals surface area contributed by atoms with E-state index in [9.17, 15) is 5.11 Å². The first-order valence-corrected chi connectivity index (χ1v) is 4.94. The van der Waals surface area contributed by atoms with Crippen molar-refractivity contribution in [2.75, 3.05) is 6.61 Å². The summed E-state index contributed by atoms with van der Waals surface area (Å²) in [6.45, 7) is 8.26. The smallest absolute Gasteiger partial charge is 0.216 e. The summed E-state index contributed by atoms with van der Waals surface area (Å²) in [4.78, 5) is 1.84. The van der Waals surface area contributed by atoms with Crippen molar-refractivity contribution in [2.24, 2.45) is 0 Å². The van der Waals surface area contributed by atoms with E-state index in [1.165, 1.54) is 0 Å². The molecule has 0 aromatic heterocycles. The van der Waals surface area contributed by atoms with Gasteiger partial charge in [0.2, 0.25) is 6.41 Å². The summed E-state index contributed by atoms with van der Waals surface area (Å²) in [6.07, 6.45) is -0.607. The van der Waals surface area contributed by atoms with Crippen LogP contribution >= 0.6 is 0 Å². The van der Waals surface area contributed by atoms with Gasteiger partial charge >= 0.3 is 0 Å². The van der Waals surface area contributed by atoms with Crippen LogP contribution in [0.3, 0.4) is 0 Å². The molecule has 0 saturated carbocycles. The minimum Gasteiger partial charge on any atom is -0.356 e. The van der Waals surface area contributed by atoms with Crippen LogP contribution in [-0.4, -0.2) is 35.1 Å². The molecule has 0 aliphatic rings. The van der Waals surface area contributed by atoms with Crippen LogP contribution in [0.15, 0.2) is 0 Å². The summed E-state index contributed by atoms with van der Waals surface area (Å²) in [5.74, 6) is 0. The van der Waals surface area contributed by atoms with E-state index in [1.54, 1.807) is 0 Å². The molecule has 0 heterocycles. The van der Waals surface area contributed by atoms with Crippen LogP contribution in [0.2, 0.25) is 0 Å². The van der Waals surface area contributed by atoms with Crippen molar-refractivity contribution in [1.82, 2.24) is 4.90 Å². The minimum absolute atomic E-state index is 0.215. The Balaban J connectivity index is 4.03. The molecule has 0 bridgehead atoms. The van der Waals surface area contributed by atoms with Gasteiger partial charge in [-0.3, -0.25) is 4.90 Å². The fourth-order valence-corrected chi connectivity index (χ4v) is 1.40. The summed E-state index contributed by atoms with van der Waals surface area (Å²) in [7, 11) is 0. The van der Waals surface area contributed by atoms with Gasteiger partial charge < -0.3 is 9.84 Å². The molecule has 0 rings (SSSR count). The zero-order chi connectivity index (χ0) is 11.1. The standard InChI is InChI=1S/C10H20N2O2/c1-8(2)12(9(3)4)10(13)14-7-5-6-11/h8-10,13H,5,7H2,1-4H3. The highest BCUT2D eigenvalue weighted by atomic mass is 16.6. The molecule has 0 aromatic rings. The molecule has 0 radical (unpaired) electrons. The van der Waals surface area contributed by atoms with Gasteiger partial charge in [-0.2, -0.15) is 5.26 Å². The molecular weight excluding hydrogens is 180 g/mol. The lowest BCUT2D eigenvalue weighted by Gasteiger charge is -2.34. The van der Waals surface area contributed by atoms with Gasteiger partial charge in [0.1, 0.15) is 0 Å². The van der Waals surface area contributed by atoms with Crippen molar-refractivity contribution in [2.45, 2.75) is 52.6 Å². The van der Waals surface area contributed by atoms with Gasteiger partial charge in [0, 0.05) is 12.1 Å². The molecule has 0 aliphatic heterocycles. The molecule has 0 spiro atoms. The number of hydrogen-bond acceptors (Lipinski definition) is 4. The Morgan fingerprint density at radius 3 is 2.14 bits per heavy atom. The summed E-state index contributed by atoms with van der Waals surface area (Å²) in [5, 5.41) is 18.0. The predicted octanol–water partition coefficient (Wildman–Crippen LogP) is 1.31. The Bertz CT molecular complexity index is 179. The number of aliphatic hydroxyl groups excluding tert-OH is 1. The summed E-state index contributed by atoms with van der Waals surface area (Å²) < 4.78 is 5.13. The molecule has 4 nitrogen and oxygen atoms in total. The van der Waals surface area contributed by atoms with E-state index in [1.807, 2.05) is 38.7 Å². The van der Waals surface area contributed by atoms with Gasteiger partial charge in [0.25, 0.3) is 0 Å². The molecule has 0 amide bonds. The zero-order valence-electron chi connectivity index (χ0n) is 9.40. The Kier molecular flexibility index (Phi) is 6.46. The second-order valence-electron chi connectivity index (χ2n) is 3.74. The maximum Gasteiger partial charge on any atom is 0.216 e. The first-order chi connectivity index (χ1) is 6.50. The largest absolute Gasteiger partial charge is 0.356 e. The highest BCUT2D eigenvalue weighted by Gasteiger charge is 2.21. The molecular formula is C10H20N2O2. The van der Waals surface area contributed by atoms with E-state index in [4.69, 9.17) is 10.00 Å². The van der Waals surface area contributed by atoms with Gasteiger partial charge in [-0.1, -0.05) is 0 Å². The summed E-state index contributed by atoms with van der Waals surface area (Å²) in [5.41, 5.74) is 0. The van der Waals surface area contributed by atoms with Crippen LogP contribution in [0.25, 0.3) is 0 Å². The van der Waals surface area contributed by atoms with Crippen LogP contribution in [0.1, 0.15) is 34.1 Å². The third-order valence-electron chi connectivity index (χ3n) is 1.93. The average Bonchev–Trinajstić information content (AvgIpc) is 2.03. The lowest BCUT2D eigenvalue weighted by Crippen LogP contribution is -2.46. The summed E-state index contributed by atoms with van der Waals surface area (Å²) >= 11 is 0. The molecule has 0 aromatic carbocycles. The molecule has 14 heavy (non-hydrogen) atoms. The maximum atomic E-state index is 9.67. The van der Waals surface area contributed by atoms with Crippen LogP contribution in [0.5, 0.6) is 0 Å². The van der Waals surface area contributed by atoms with E-state index in [-0.39, 0.29) is 18.7 Å². The van der Waals surface area contributed by atoms with Gasteiger partial charge in [-0.05, 0) is 27.7 Å². The third-order valence-corrected chi connectivity index (χ3v) is 1.93.